The predicted molar refractivity (Wildman–Crippen MR) is 94.8 cm³/mol. The average Bonchev–Trinajstić information content (AvgIpc) is 2.61. The Morgan fingerprint density at radius 2 is 1.59 bits per heavy atom. The van der Waals surface area contributed by atoms with Crippen LogP contribution < -0.4 is 15.4 Å². The van der Waals surface area contributed by atoms with Crippen molar-refractivity contribution in [3.05, 3.63) is 59.1 Å². The first-order valence-electron chi connectivity index (χ1n) is 7.82. The lowest BCUT2D eigenvalue weighted by Gasteiger charge is -2.09. The van der Waals surface area contributed by atoms with Gasteiger partial charge < -0.3 is 15.4 Å². The van der Waals surface area contributed by atoms with Crippen molar-refractivity contribution in [1.82, 2.24) is 5.32 Å². The van der Waals surface area contributed by atoms with Crippen molar-refractivity contribution in [2.75, 3.05) is 18.5 Å². The van der Waals surface area contributed by atoms with Crippen LogP contribution in [0.25, 0.3) is 0 Å². The summed E-state index contributed by atoms with van der Waals surface area (Å²) in [5.41, 5.74) is 0.990. The summed E-state index contributed by atoms with van der Waals surface area (Å²) in [4.78, 5) is 23.3. The van der Waals surface area contributed by atoms with E-state index in [4.69, 9.17) is 16.3 Å². The Kier molecular flexibility index (Phi) is 7.06. The molecule has 0 fully saturated rings. The topological polar surface area (TPSA) is 67.4 Å². The molecular formula is C18H16ClF3N2O3. The van der Waals surface area contributed by atoms with Gasteiger partial charge in [0.15, 0.2) is 6.61 Å². The van der Waals surface area contributed by atoms with E-state index in [9.17, 15) is 22.8 Å². The van der Waals surface area contributed by atoms with Crippen LogP contribution in [-0.4, -0.2) is 31.1 Å². The van der Waals surface area contributed by atoms with E-state index in [0.29, 0.717) is 22.0 Å². The molecule has 0 aliphatic rings. The number of nitrogens with one attached hydrogen (secondary N) is 2. The molecule has 2 N–H and O–H groups in total. The monoisotopic (exact) mass is 400 g/mol. The fraction of sp³-hybridized carbons (Fsp3) is 0.222. The molecule has 0 heterocycles. The Morgan fingerprint density at radius 3 is 2.19 bits per heavy atom. The summed E-state index contributed by atoms with van der Waals surface area (Å²) in [7, 11) is 0. The van der Waals surface area contributed by atoms with Gasteiger partial charge >= 0.3 is 6.18 Å². The second kappa shape index (κ2) is 9.27. The lowest BCUT2D eigenvalue weighted by molar-refractivity contribution is -0.138. The Hall–Kier alpha value is -2.74. The number of carbonyl (C=O) groups is 2. The minimum atomic E-state index is -4.45. The molecule has 0 unspecified atom stereocenters. The molecule has 27 heavy (non-hydrogen) atoms. The van der Waals surface area contributed by atoms with Crippen molar-refractivity contribution in [3.63, 3.8) is 0 Å². The van der Waals surface area contributed by atoms with Crippen molar-refractivity contribution in [1.29, 1.82) is 0 Å². The highest BCUT2D eigenvalue weighted by Crippen LogP contribution is 2.16. The number of anilines is 1. The van der Waals surface area contributed by atoms with Crippen molar-refractivity contribution in [3.8, 4) is 5.75 Å². The zero-order chi connectivity index (χ0) is 19.9. The maximum Gasteiger partial charge on any atom is 0.405 e. The first kappa shape index (κ1) is 20.6. The first-order chi connectivity index (χ1) is 12.7. The normalized spacial score (nSPS) is 11.0. The largest absolute Gasteiger partial charge is 0.484 e. The minimum Gasteiger partial charge on any atom is -0.484 e. The number of rotatable bonds is 7. The van der Waals surface area contributed by atoms with E-state index in [2.05, 4.69) is 5.32 Å². The molecular weight excluding hydrogens is 385 g/mol. The molecule has 144 valence electrons. The molecule has 0 spiro atoms. The summed E-state index contributed by atoms with van der Waals surface area (Å²) in [5, 5.41) is 4.96. The molecule has 0 radical (unpaired) electrons. The third kappa shape index (κ3) is 8.00. The van der Waals surface area contributed by atoms with Gasteiger partial charge in [-0.1, -0.05) is 23.7 Å². The van der Waals surface area contributed by atoms with Crippen LogP contribution in [0.2, 0.25) is 5.02 Å². The van der Waals surface area contributed by atoms with Crippen molar-refractivity contribution < 1.29 is 27.5 Å². The molecule has 0 aliphatic heterocycles. The quantitative estimate of drug-likeness (QED) is 0.746. The van der Waals surface area contributed by atoms with E-state index in [1.807, 2.05) is 0 Å². The molecule has 2 rings (SSSR count). The molecule has 0 bridgehead atoms. The molecule has 9 heteroatoms. The standard InChI is InChI=1S/C18H16ClF3N2O3/c19-13-3-7-15(8-4-13)27-10-17(26)24-14-5-1-12(2-6-14)9-16(25)23-11-18(20,21)22/h1-8H,9-11H2,(H,23,25)(H,24,26). The number of amides is 2. The number of benzene rings is 2. The summed E-state index contributed by atoms with van der Waals surface area (Å²) in [6, 6.07) is 12.7. The lowest BCUT2D eigenvalue weighted by atomic mass is 10.1. The van der Waals surface area contributed by atoms with Crippen LogP contribution in [0.1, 0.15) is 5.56 Å². The zero-order valence-corrected chi connectivity index (χ0v) is 14.7. The van der Waals surface area contributed by atoms with Crippen molar-refractivity contribution in [2.45, 2.75) is 12.6 Å². The Labute approximate surface area is 158 Å². The van der Waals surface area contributed by atoms with Gasteiger partial charge in [0.25, 0.3) is 5.91 Å². The van der Waals surface area contributed by atoms with E-state index in [1.54, 1.807) is 53.8 Å². The van der Waals surface area contributed by atoms with Gasteiger partial charge in [0.2, 0.25) is 5.91 Å². The third-order valence-corrected chi connectivity index (χ3v) is 3.52. The summed E-state index contributed by atoms with van der Waals surface area (Å²) in [6.07, 6.45) is -4.64. The SMILES string of the molecule is O=C(Cc1ccc(NC(=O)COc2ccc(Cl)cc2)cc1)NCC(F)(F)F. The van der Waals surface area contributed by atoms with Crippen molar-refractivity contribution in [2.24, 2.45) is 0 Å². The maximum atomic E-state index is 12.0. The van der Waals surface area contributed by atoms with Gasteiger partial charge in [-0.3, -0.25) is 9.59 Å². The number of hydrogen-bond acceptors (Lipinski definition) is 3. The zero-order valence-electron chi connectivity index (χ0n) is 14.0. The van der Waals surface area contributed by atoms with E-state index >= 15 is 0 Å². The second-order valence-electron chi connectivity index (χ2n) is 5.56. The van der Waals surface area contributed by atoms with Crippen LogP contribution in [0.4, 0.5) is 18.9 Å². The molecule has 0 saturated carbocycles. The minimum absolute atomic E-state index is 0.190. The van der Waals surface area contributed by atoms with Crippen LogP contribution in [0, 0.1) is 0 Å². The van der Waals surface area contributed by atoms with Crippen LogP contribution in [0.3, 0.4) is 0 Å². The van der Waals surface area contributed by atoms with E-state index < -0.39 is 18.6 Å². The third-order valence-electron chi connectivity index (χ3n) is 3.27. The summed E-state index contributed by atoms with van der Waals surface area (Å²) >= 11 is 5.75. The van der Waals surface area contributed by atoms with E-state index in [1.165, 1.54) is 0 Å². The molecule has 2 aromatic rings. The molecule has 0 aromatic heterocycles. The predicted octanol–water partition coefficient (Wildman–Crippen LogP) is 3.58. The number of ether oxygens (including phenoxy) is 1. The summed E-state index contributed by atoms with van der Waals surface area (Å²) < 4.78 is 41.5. The number of alkyl halides is 3. The maximum absolute atomic E-state index is 12.0. The highest BCUT2D eigenvalue weighted by atomic mass is 35.5. The smallest absolute Gasteiger partial charge is 0.405 e. The van der Waals surface area contributed by atoms with Gasteiger partial charge in [-0.15, -0.1) is 0 Å². The molecule has 0 saturated heterocycles. The molecule has 0 aliphatic carbocycles. The number of halogens is 4. The first-order valence-corrected chi connectivity index (χ1v) is 8.20. The number of hydrogen-bond donors (Lipinski definition) is 2. The lowest BCUT2D eigenvalue weighted by Crippen LogP contribution is -2.34. The van der Waals surface area contributed by atoms with Crippen LogP contribution in [-0.2, 0) is 16.0 Å². The highest BCUT2D eigenvalue weighted by molar-refractivity contribution is 6.30. The molecule has 0 atom stereocenters. The molecule has 2 aromatic carbocycles. The van der Waals surface area contributed by atoms with Gasteiger partial charge in [0.1, 0.15) is 12.3 Å². The van der Waals surface area contributed by atoms with Gasteiger partial charge in [-0.2, -0.15) is 13.2 Å². The van der Waals surface area contributed by atoms with Crippen LogP contribution in [0.5, 0.6) is 5.75 Å². The number of carbonyl (C=O) groups excluding carboxylic acids is 2. The summed E-state index contributed by atoms with van der Waals surface area (Å²) in [5.74, 6) is -0.629. The fourth-order valence-electron chi connectivity index (χ4n) is 2.03. The van der Waals surface area contributed by atoms with Crippen LogP contribution >= 0.6 is 11.6 Å². The molecule has 2 amide bonds. The Bertz CT molecular complexity index is 778. The second-order valence-corrected chi connectivity index (χ2v) is 5.99. The Balaban J connectivity index is 1.78. The van der Waals surface area contributed by atoms with Gasteiger partial charge in [0.05, 0.1) is 6.42 Å². The fourth-order valence-corrected chi connectivity index (χ4v) is 2.16. The summed E-state index contributed by atoms with van der Waals surface area (Å²) in [6.45, 7) is -1.57. The van der Waals surface area contributed by atoms with Gasteiger partial charge in [0, 0.05) is 10.7 Å². The van der Waals surface area contributed by atoms with Crippen LogP contribution in [0.15, 0.2) is 48.5 Å². The van der Waals surface area contributed by atoms with Gasteiger partial charge in [-0.25, -0.2) is 0 Å². The van der Waals surface area contributed by atoms with Gasteiger partial charge in [-0.05, 0) is 42.0 Å². The Morgan fingerprint density at radius 1 is 0.963 bits per heavy atom. The average molecular weight is 401 g/mol. The molecule has 5 nitrogen and oxygen atoms in total. The van der Waals surface area contributed by atoms with E-state index in [-0.39, 0.29) is 18.9 Å². The van der Waals surface area contributed by atoms with Crippen molar-refractivity contribution >= 4 is 29.1 Å². The highest BCUT2D eigenvalue weighted by Gasteiger charge is 2.27. The van der Waals surface area contributed by atoms with E-state index in [0.717, 1.165) is 0 Å².